The normalized spacial score (nSPS) is 14.6. The van der Waals surface area contributed by atoms with Gasteiger partial charge in [0.25, 0.3) is 0 Å². The highest BCUT2D eigenvalue weighted by Crippen LogP contribution is 2.29. The number of hydrogen-bond donors (Lipinski definition) is 1. The third kappa shape index (κ3) is 3.93. The number of hydrogen-bond acceptors (Lipinski definition) is 7. The van der Waals surface area contributed by atoms with Gasteiger partial charge in [0.05, 0.1) is 11.0 Å². The quantitative estimate of drug-likeness (QED) is 0.358. The van der Waals surface area contributed by atoms with E-state index in [9.17, 15) is 14.4 Å². The Labute approximate surface area is 217 Å². The number of benzene rings is 1. The number of carbonyl (C=O) groups is 1. The van der Waals surface area contributed by atoms with Crippen molar-refractivity contribution in [3.63, 3.8) is 0 Å². The zero-order chi connectivity index (χ0) is 26.6. The van der Waals surface area contributed by atoms with Gasteiger partial charge in [0, 0.05) is 49.2 Å². The number of imidazole rings is 1. The highest BCUT2D eigenvalue weighted by atomic mass is 16.4. The van der Waals surface area contributed by atoms with E-state index in [1.54, 1.807) is 25.4 Å². The van der Waals surface area contributed by atoms with Crippen molar-refractivity contribution < 1.29 is 9.21 Å². The van der Waals surface area contributed by atoms with Gasteiger partial charge in [-0.15, -0.1) is 0 Å². The first-order valence-electron chi connectivity index (χ1n) is 12.8. The second-order valence-electron chi connectivity index (χ2n) is 9.84. The zero-order valence-corrected chi connectivity index (χ0v) is 21.5. The van der Waals surface area contributed by atoms with Gasteiger partial charge in [-0.1, -0.05) is 6.92 Å². The molecule has 10 nitrogen and oxygen atoms in total. The first-order valence-corrected chi connectivity index (χ1v) is 12.8. The minimum Gasteiger partial charge on any atom is -0.408 e. The molecule has 5 heterocycles. The Morgan fingerprint density at radius 2 is 1.89 bits per heavy atom. The molecule has 0 aliphatic carbocycles. The van der Waals surface area contributed by atoms with Gasteiger partial charge in [0.1, 0.15) is 5.82 Å². The number of H-pyrrole nitrogens is 1. The van der Waals surface area contributed by atoms with Crippen LogP contribution >= 0.6 is 0 Å². The number of nitrogens with zero attached hydrogens (tertiary/aromatic N) is 5. The Bertz CT molecular complexity index is 1820. The minimum atomic E-state index is -0.457. The van der Waals surface area contributed by atoms with Gasteiger partial charge in [-0.3, -0.25) is 18.9 Å². The molecule has 1 fully saturated rings. The van der Waals surface area contributed by atoms with E-state index in [2.05, 4.69) is 14.9 Å². The summed E-state index contributed by atoms with van der Waals surface area (Å²) in [6, 6.07) is 10.9. The summed E-state index contributed by atoms with van der Waals surface area (Å²) in [6.45, 7) is 5.29. The van der Waals surface area contributed by atoms with E-state index in [1.165, 1.54) is 4.57 Å². The molecule has 4 aromatic heterocycles. The van der Waals surface area contributed by atoms with Crippen LogP contribution in [-0.2, 0) is 13.5 Å². The van der Waals surface area contributed by atoms with Gasteiger partial charge in [-0.2, -0.15) is 0 Å². The molecule has 194 valence electrons. The van der Waals surface area contributed by atoms with Crippen LogP contribution in [0.3, 0.4) is 0 Å². The van der Waals surface area contributed by atoms with Crippen LogP contribution in [-0.4, -0.2) is 43.0 Å². The number of piperidine rings is 1. The van der Waals surface area contributed by atoms with Crippen LogP contribution in [0.2, 0.25) is 0 Å². The van der Waals surface area contributed by atoms with E-state index in [-0.39, 0.29) is 17.5 Å². The van der Waals surface area contributed by atoms with Crippen molar-refractivity contribution in [3.05, 3.63) is 86.0 Å². The highest BCUT2D eigenvalue weighted by Gasteiger charge is 2.26. The molecule has 0 bridgehead atoms. The summed E-state index contributed by atoms with van der Waals surface area (Å²) < 4.78 is 8.61. The van der Waals surface area contributed by atoms with Crippen LogP contribution in [0.25, 0.3) is 22.3 Å². The fraction of sp³-hybridized carbons (Fsp3) is 0.321. The molecule has 6 rings (SSSR count). The van der Waals surface area contributed by atoms with Gasteiger partial charge in [0.15, 0.2) is 17.0 Å². The number of aromatic amines is 1. The number of nitrogens with one attached hydrogen (secondary N) is 1. The summed E-state index contributed by atoms with van der Waals surface area (Å²) in [6.07, 6.45) is 3.90. The molecule has 10 heteroatoms. The van der Waals surface area contributed by atoms with Crippen molar-refractivity contribution >= 4 is 33.9 Å². The predicted molar refractivity (Wildman–Crippen MR) is 144 cm³/mol. The molecule has 1 saturated heterocycles. The smallest absolute Gasteiger partial charge is 0.408 e. The summed E-state index contributed by atoms with van der Waals surface area (Å²) in [5.41, 5.74) is 5.00. The number of ketones is 1. The van der Waals surface area contributed by atoms with Crippen LogP contribution in [0.1, 0.15) is 53.0 Å². The predicted octanol–water partition coefficient (Wildman–Crippen LogP) is 3.51. The summed E-state index contributed by atoms with van der Waals surface area (Å²) in [5, 5.41) is 0. The van der Waals surface area contributed by atoms with Crippen LogP contribution < -0.4 is 16.3 Å². The van der Waals surface area contributed by atoms with Gasteiger partial charge in [-0.25, -0.2) is 19.6 Å². The first-order chi connectivity index (χ1) is 18.3. The fourth-order valence-electron chi connectivity index (χ4n) is 5.53. The summed E-state index contributed by atoms with van der Waals surface area (Å²) in [5.74, 6) is 0.150. The van der Waals surface area contributed by atoms with Crippen LogP contribution in [0.4, 0.5) is 5.82 Å². The Morgan fingerprint density at radius 1 is 1.13 bits per heavy atom. The van der Waals surface area contributed by atoms with Crippen LogP contribution in [0.5, 0.6) is 0 Å². The molecule has 1 aromatic carbocycles. The summed E-state index contributed by atoms with van der Waals surface area (Å²) in [4.78, 5) is 52.3. The summed E-state index contributed by atoms with van der Waals surface area (Å²) in [7, 11) is 1.65. The third-order valence-electron chi connectivity index (χ3n) is 7.47. The number of carbonyl (C=O) groups excluding carboxylic acids is 1. The summed E-state index contributed by atoms with van der Waals surface area (Å²) >= 11 is 0. The molecule has 1 aliphatic rings. The molecular weight excluding hydrogens is 484 g/mol. The van der Waals surface area contributed by atoms with Gasteiger partial charge in [0.2, 0.25) is 0 Å². The van der Waals surface area contributed by atoms with Crippen molar-refractivity contribution in [2.45, 2.75) is 39.2 Å². The monoisotopic (exact) mass is 512 g/mol. The third-order valence-corrected chi connectivity index (χ3v) is 7.47. The average molecular weight is 513 g/mol. The van der Waals surface area contributed by atoms with E-state index in [0.717, 1.165) is 35.4 Å². The Morgan fingerprint density at radius 3 is 2.66 bits per heavy atom. The maximum absolute atomic E-state index is 13.6. The van der Waals surface area contributed by atoms with E-state index < -0.39 is 5.76 Å². The van der Waals surface area contributed by atoms with E-state index in [1.807, 2.05) is 42.7 Å². The highest BCUT2D eigenvalue weighted by molar-refractivity contribution is 6.11. The topological polar surface area (TPSA) is 119 Å². The van der Waals surface area contributed by atoms with Crippen molar-refractivity contribution in [2.24, 2.45) is 7.05 Å². The lowest BCUT2D eigenvalue weighted by Gasteiger charge is -2.33. The van der Waals surface area contributed by atoms with E-state index >= 15 is 0 Å². The number of aromatic nitrogens is 5. The molecule has 5 aromatic rings. The number of oxazole rings is 1. The second-order valence-corrected chi connectivity index (χ2v) is 9.84. The molecular formula is C28H28N6O4. The molecule has 0 atom stereocenters. The van der Waals surface area contributed by atoms with Crippen molar-refractivity contribution in [1.29, 1.82) is 0 Å². The van der Waals surface area contributed by atoms with Gasteiger partial charge in [-0.05, 0) is 68.1 Å². The molecule has 1 N–H and O–H groups in total. The lowest BCUT2D eigenvalue weighted by Crippen LogP contribution is -2.37. The SMILES string of the molecule is CCc1cc(C(=O)c2cc(C)c3c(c2)oc(=O)n3C)cc(N2CCC(n3c(=O)[nH]c4ncccc43)CC2)n1. The Kier molecular flexibility index (Phi) is 5.74. The number of anilines is 1. The van der Waals surface area contributed by atoms with E-state index in [0.29, 0.717) is 47.4 Å². The van der Waals surface area contributed by atoms with Crippen molar-refractivity contribution in [3.8, 4) is 0 Å². The molecule has 0 amide bonds. The van der Waals surface area contributed by atoms with Crippen molar-refractivity contribution in [2.75, 3.05) is 18.0 Å². The Balaban J connectivity index is 1.28. The standard InChI is InChI=1S/C28H28N6O4/c1-4-19-13-18(25(35)17-12-16(2)24-22(14-17)38-28(37)32(24)3)15-23(30-19)33-10-7-20(8-11-33)34-21-6-5-9-29-26(21)31-27(34)36/h5-6,9,12-15,20H,4,7-8,10-11H2,1-3H3,(H,29,31,36). The van der Waals surface area contributed by atoms with E-state index in [4.69, 9.17) is 9.40 Å². The second kappa shape index (κ2) is 9.13. The maximum Gasteiger partial charge on any atom is 0.419 e. The Hall–Kier alpha value is -4.47. The number of rotatable bonds is 5. The van der Waals surface area contributed by atoms with Crippen LogP contribution in [0, 0.1) is 6.92 Å². The number of pyridine rings is 2. The first kappa shape index (κ1) is 23.9. The molecule has 0 spiro atoms. The van der Waals surface area contributed by atoms with Crippen LogP contribution in [0.15, 0.2) is 56.6 Å². The van der Waals surface area contributed by atoms with Gasteiger partial charge >= 0.3 is 11.4 Å². The number of aryl methyl sites for hydroxylation is 3. The fourth-order valence-corrected chi connectivity index (χ4v) is 5.53. The molecule has 0 saturated carbocycles. The lowest BCUT2D eigenvalue weighted by atomic mass is 9.99. The maximum atomic E-state index is 13.6. The molecule has 0 radical (unpaired) electrons. The van der Waals surface area contributed by atoms with Crippen molar-refractivity contribution in [1.82, 2.24) is 24.1 Å². The lowest BCUT2D eigenvalue weighted by molar-refractivity contribution is 0.103. The molecule has 0 unspecified atom stereocenters. The zero-order valence-electron chi connectivity index (χ0n) is 21.5. The molecule has 38 heavy (non-hydrogen) atoms. The minimum absolute atomic E-state index is 0.0578. The van der Waals surface area contributed by atoms with Gasteiger partial charge < -0.3 is 9.32 Å². The average Bonchev–Trinajstić information content (AvgIpc) is 3.42. The largest absolute Gasteiger partial charge is 0.419 e. The number of fused-ring (bicyclic) bond motifs is 2. The molecule has 1 aliphatic heterocycles.